The van der Waals surface area contributed by atoms with Crippen LogP contribution in [0, 0.1) is 0 Å². The summed E-state index contributed by atoms with van der Waals surface area (Å²) in [6.07, 6.45) is 0. The Hall–Kier alpha value is -1.75. The molecule has 2 rings (SSSR count). The van der Waals surface area contributed by atoms with Crippen molar-refractivity contribution in [1.29, 1.82) is 0 Å². The Morgan fingerprint density at radius 2 is 1.95 bits per heavy atom. The van der Waals surface area contributed by atoms with Crippen LogP contribution >= 0.6 is 0 Å². The minimum Gasteiger partial charge on any atom is -0.493 e. The fraction of sp³-hybridized carbons (Fsp3) is 0.562. The van der Waals surface area contributed by atoms with Crippen molar-refractivity contribution in [2.24, 2.45) is 0 Å². The van der Waals surface area contributed by atoms with Crippen LogP contribution in [0.25, 0.3) is 0 Å². The summed E-state index contributed by atoms with van der Waals surface area (Å²) in [6, 6.07) is 5.88. The van der Waals surface area contributed by atoms with Crippen molar-refractivity contribution in [2.45, 2.75) is 26.8 Å². The molecule has 5 nitrogen and oxygen atoms in total. The van der Waals surface area contributed by atoms with Gasteiger partial charge in [-0.15, -0.1) is 0 Å². The number of hydrogen-bond acceptors (Lipinski definition) is 4. The minimum absolute atomic E-state index is 0.0278. The van der Waals surface area contributed by atoms with Gasteiger partial charge < -0.3 is 15.4 Å². The van der Waals surface area contributed by atoms with E-state index in [-0.39, 0.29) is 5.91 Å². The number of nitrogen functional groups attached to an aromatic ring is 1. The van der Waals surface area contributed by atoms with Gasteiger partial charge in [0.2, 0.25) is 0 Å². The quantitative estimate of drug-likeness (QED) is 0.860. The summed E-state index contributed by atoms with van der Waals surface area (Å²) in [7, 11) is 0. The van der Waals surface area contributed by atoms with E-state index in [1.54, 1.807) is 12.1 Å². The lowest BCUT2D eigenvalue weighted by Gasteiger charge is -2.37. The molecule has 0 aromatic heterocycles. The van der Waals surface area contributed by atoms with Crippen LogP contribution in [0.15, 0.2) is 18.2 Å². The molecule has 1 amide bonds. The average molecular weight is 291 g/mol. The molecular weight excluding hydrogens is 266 g/mol. The normalized spacial score (nSPS) is 16.3. The van der Waals surface area contributed by atoms with Crippen LogP contribution in [0.2, 0.25) is 0 Å². The third kappa shape index (κ3) is 3.47. The first kappa shape index (κ1) is 15.6. The molecule has 21 heavy (non-hydrogen) atoms. The van der Waals surface area contributed by atoms with E-state index in [0.29, 0.717) is 29.6 Å². The summed E-state index contributed by atoms with van der Waals surface area (Å²) in [4.78, 5) is 17.0. The second-order valence-corrected chi connectivity index (χ2v) is 5.58. The molecule has 1 aliphatic rings. The van der Waals surface area contributed by atoms with Crippen LogP contribution in [0.1, 0.15) is 31.1 Å². The van der Waals surface area contributed by atoms with Gasteiger partial charge in [-0.2, -0.15) is 0 Å². The van der Waals surface area contributed by atoms with Crippen molar-refractivity contribution in [3.8, 4) is 5.75 Å². The third-order valence-electron chi connectivity index (χ3n) is 3.90. The number of anilines is 1. The average Bonchev–Trinajstić information content (AvgIpc) is 2.47. The Labute approximate surface area is 126 Å². The zero-order chi connectivity index (χ0) is 15.4. The summed E-state index contributed by atoms with van der Waals surface area (Å²) in [6.45, 7) is 10.1. The number of piperazine rings is 1. The number of amides is 1. The summed E-state index contributed by atoms with van der Waals surface area (Å²) in [5.74, 6) is 0.550. The molecule has 1 aromatic carbocycles. The van der Waals surface area contributed by atoms with Crippen LogP contribution in [0.5, 0.6) is 5.75 Å². The topological polar surface area (TPSA) is 58.8 Å². The lowest BCUT2D eigenvalue weighted by molar-refractivity contribution is 0.0593. The Morgan fingerprint density at radius 1 is 1.29 bits per heavy atom. The van der Waals surface area contributed by atoms with Gasteiger partial charge in [0, 0.05) is 37.9 Å². The minimum atomic E-state index is -0.0278. The largest absolute Gasteiger partial charge is 0.493 e. The number of rotatable bonds is 4. The molecule has 1 saturated heterocycles. The van der Waals surface area contributed by atoms with Crippen LogP contribution in [0.3, 0.4) is 0 Å². The molecule has 0 aliphatic carbocycles. The van der Waals surface area contributed by atoms with E-state index in [1.807, 2.05) is 17.9 Å². The van der Waals surface area contributed by atoms with E-state index < -0.39 is 0 Å². The number of ether oxygens (including phenoxy) is 1. The molecule has 116 valence electrons. The third-order valence-corrected chi connectivity index (χ3v) is 3.90. The van der Waals surface area contributed by atoms with Gasteiger partial charge in [0.1, 0.15) is 11.3 Å². The van der Waals surface area contributed by atoms with Gasteiger partial charge in [-0.05, 0) is 32.9 Å². The van der Waals surface area contributed by atoms with Gasteiger partial charge in [0.25, 0.3) is 5.91 Å². The summed E-state index contributed by atoms with van der Waals surface area (Å²) >= 11 is 0. The Balaban J connectivity index is 2.14. The maximum atomic E-state index is 12.7. The fourth-order valence-corrected chi connectivity index (χ4v) is 2.65. The fourth-order valence-electron chi connectivity index (χ4n) is 2.65. The van der Waals surface area contributed by atoms with Crippen LogP contribution < -0.4 is 10.5 Å². The SMILES string of the molecule is CCOc1cccc(N)c1C(=O)N1CCN(C(C)C)CC1. The molecule has 0 unspecified atom stereocenters. The molecule has 0 radical (unpaired) electrons. The molecule has 0 saturated carbocycles. The van der Waals surface area contributed by atoms with Gasteiger partial charge in [-0.3, -0.25) is 9.69 Å². The maximum Gasteiger partial charge on any atom is 0.259 e. The molecule has 0 spiro atoms. The summed E-state index contributed by atoms with van der Waals surface area (Å²) in [5.41, 5.74) is 6.98. The molecule has 0 atom stereocenters. The van der Waals surface area contributed by atoms with Gasteiger partial charge >= 0.3 is 0 Å². The summed E-state index contributed by atoms with van der Waals surface area (Å²) < 4.78 is 5.55. The van der Waals surface area contributed by atoms with E-state index in [9.17, 15) is 4.79 Å². The maximum absolute atomic E-state index is 12.7. The number of benzene rings is 1. The number of carbonyl (C=O) groups is 1. The van der Waals surface area contributed by atoms with Gasteiger partial charge in [-0.25, -0.2) is 0 Å². The Kier molecular flexibility index (Phi) is 5.07. The van der Waals surface area contributed by atoms with Crippen molar-refractivity contribution in [1.82, 2.24) is 9.80 Å². The smallest absolute Gasteiger partial charge is 0.259 e. The first-order valence-electron chi connectivity index (χ1n) is 7.59. The van der Waals surface area contributed by atoms with Crippen LogP contribution in [0.4, 0.5) is 5.69 Å². The Bertz CT molecular complexity index is 494. The molecule has 2 N–H and O–H groups in total. The highest BCUT2D eigenvalue weighted by Gasteiger charge is 2.26. The van der Waals surface area contributed by atoms with Gasteiger partial charge in [0.05, 0.1) is 6.61 Å². The number of carbonyl (C=O) groups excluding carboxylic acids is 1. The molecular formula is C16H25N3O2. The van der Waals surface area contributed by atoms with Crippen LogP contribution in [-0.4, -0.2) is 54.5 Å². The molecule has 1 aromatic rings. The lowest BCUT2D eigenvalue weighted by Crippen LogP contribution is -2.50. The molecule has 1 heterocycles. The van der Waals surface area contributed by atoms with Crippen molar-refractivity contribution in [3.63, 3.8) is 0 Å². The monoisotopic (exact) mass is 291 g/mol. The van der Waals surface area contributed by atoms with Crippen molar-refractivity contribution in [2.75, 3.05) is 38.5 Å². The van der Waals surface area contributed by atoms with Gasteiger partial charge in [-0.1, -0.05) is 6.07 Å². The first-order valence-corrected chi connectivity index (χ1v) is 7.59. The van der Waals surface area contributed by atoms with Crippen molar-refractivity contribution < 1.29 is 9.53 Å². The zero-order valence-electron chi connectivity index (χ0n) is 13.1. The second kappa shape index (κ2) is 6.80. The predicted octanol–water partition coefficient (Wildman–Crippen LogP) is 1.83. The van der Waals surface area contributed by atoms with Crippen LogP contribution in [-0.2, 0) is 0 Å². The number of nitrogens with zero attached hydrogens (tertiary/aromatic N) is 2. The van der Waals surface area contributed by atoms with E-state index in [1.165, 1.54) is 0 Å². The van der Waals surface area contributed by atoms with E-state index in [0.717, 1.165) is 26.2 Å². The second-order valence-electron chi connectivity index (χ2n) is 5.58. The number of hydrogen-bond donors (Lipinski definition) is 1. The molecule has 1 aliphatic heterocycles. The van der Waals surface area contributed by atoms with Crippen molar-refractivity contribution in [3.05, 3.63) is 23.8 Å². The Morgan fingerprint density at radius 3 is 2.52 bits per heavy atom. The first-order chi connectivity index (χ1) is 10.0. The predicted molar refractivity (Wildman–Crippen MR) is 84.6 cm³/mol. The van der Waals surface area contributed by atoms with Crippen molar-refractivity contribution >= 4 is 11.6 Å². The highest BCUT2D eigenvalue weighted by atomic mass is 16.5. The highest BCUT2D eigenvalue weighted by molar-refractivity contribution is 6.01. The number of nitrogens with two attached hydrogens (primary N) is 1. The summed E-state index contributed by atoms with van der Waals surface area (Å²) in [5, 5.41) is 0. The van der Waals surface area contributed by atoms with E-state index >= 15 is 0 Å². The van der Waals surface area contributed by atoms with E-state index in [2.05, 4.69) is 18.7 Å². The lowest BCUT2D eigenvalue weighted by atomic mass is 10.1. The highest BCUT2D eigenvalue weighted by Crippen LogP contribution is 2.26. The zero-order valence-corrected chi connectivity index (χ0v) is 13.1. The standard InChI is InChI=1S/C16H25N3O2/c1-4-21-14-7-5-6-13(17)15(14)16(20)19-10-8-18(9-11-19)12(2)3/h5-7,12H,4,8-11,17H2,1-3H3. The van der Waals surface area contributed by atoms with Gasteiger partial charge in [0.15, 0.2) is 0 Å². The molecule has 1 fully saturated rings. The molecule has 0 bridgehead atoms. The van der Waals surface area contributed by atoms with E-state index in [4.69, 9.17) is 10.5 Å². The molecule has 5 heteroatoms.